The van der Waals surface area contributed by atoms with Crippen molar-refractivity contribution < 1.29 is 40.9 Å². The molecule has 0 spiro atoms. The second kappa shape index (κ2) is 12.8. The summed E-state index contributed by atoms with van der Waals surface area (Å²) < 4.78 is 0. The number of para-hydroxylation sites is 4. The van der Waals surface area contributed by atoms with Gasteiger partial charge in [-0.1, -0.05) is 121 Å². The van der Waals surface area contributed by atoms with Gasteiger partial charge in [0.15, 0.2) is 11.2 Å². The summed E-state index contributed by atoms with van der Waals surface area (Å²) in [6, 6.07) is 39.1. The first-order chi connectivity index (χ1) is 25.6. The van der Waals surface area contributed by atoms with Crippen molar-refractivity contribution >= 4 is 22.9 Å². The van der Waals surface area contributed by atoms with Crippen LogP contribution in [0.25, 0.3) is 11.1 Å². The Hall–Kier alpha value is -6.13. The first kappa shape index (κ1) is 34.0. The number of phenols is 4. The molecule has 0 aliphatic heterocycles. The molecule has 8 rings (SSSR count). The van der Waals surface area contributed by atoms with Crippen molar-refractivity contribution in [2.24, 2.45) is 0 Å². The van der Waals surface area contributed by atoms with Crippen molar-refractivity contribution in [3.8, 4) is 23.0 Å². The van der Waals surface area contributed by atoms with Crippen molar-refractivity contribution in [2.45, 2.75) is 21.7 Å². The van der Waals surface area contributed by atoms with Crippen LogP contribution >= 0.6 is 11.8 Å². The first-order valence-corrected chi connectivity index (χ1v) is 17.8. The number of aliphatic hydroxyl groups is 4. The topological polar surface area (TPSA) is 162 Å². The third-order valence-electron chi connectivity index (χ3n) is 10.2. The Kier molecular flexibility index (Phi) is 8.22. The lowest BCUT2D eigenvalue weighted by molar-refractivity contribution is 0.0179. The van der Waals surface area contributed by atoms with Crippen LogP contribution < -0.4 is 0 Å². The minimum absolute atomic E-state index is 0.0396. The van der Waals surface area contributed by atoms with E-state index in [1.165, 1.54) is 36.4 Å². The Balaban J connectivity index is 1.44. The predicted octanol–water partition coefficient (Wildman–Crippen LogP) is 8.46. The monoisotopic (exact) mass is 722 g/mol. The predicted molar refractivity (Wildman–Crippen MR) is 203 cm³/mol. The lowest BCUT2D eigenvalue weighted by Crippen LogP contribution is -2.42. The molecule has 6 aromatic rings. The number of fused-ring (bicyclic) bond motifs is 2. The molecule has 8 nitrogen and oxygen atoms in total. The van der Waals surface area contributed by atoms with Gasteiger partial charge in [0.2, 0.25) is 0 Å². The molecule has 0 aromatic heterocycles. The van der Waals surface area contributed by atoms with Gasteiger partial charge in [0.25, 0.3) is 0 Å². The van der Waals surface area contributed by atoms with Gasteiger partial charge in [0, 0.05) is 33.4 Å². The average molecular weight is 723 g/mol. The van der Waals surface area contributed by atoms with Gasteiger partial charge in [-0.15, -0.1) is 11.8 Å². The Morgan fingerprint density at radius 1 is 0.358 bits per heavy atom. The van der Waals surface area contributed by atoms with Crippen molar-refractivity contribution in [3.63, 3.8) is 0 Å². The van der Waals surface area contributed by atoms with Crippen LogP contribution in [0.3, 0.4) is 0 Å². The fourth-order valence-corrected chi connectivity index (χ4v) is 9.61. The van der Waals surface area contributed by atoms with E-state index in [2.05, 4.69) is 0 Å². The van der Waals surface area contributed by atoms with E-state index in [1.54, 1.807) is 109 Å². The molecule has 53 heavy (non-hydrogen) atoms. The fourth-order valence-electron chi connectivity index (χ4n) is 7.77. The smallest absolute Gasteiger partial charge is 0.166 e. The van der Waals surface area contributed by atoms with E-state index >= 15 is 0 Å². The Morgan fingerprint density at radius 3 is 1.02 bits per heavy atom. The zero-order valence-corrected chi connectivity index (χ0v) is 28.8. The van der Waals surface area contributed by atoms with Crippen LogP contribution in [0.2, 0.25) is 0 Å². The quantitative estimate of drug-likeness (QED) is 0.0843. The zero-order chi connectivity index (χ0) is 37.1. The van der Waals surface area contributed by atoms with Crippen LogP contribution in [0.4, 0.5) is 0 Å². The maximum atomic E-state index is 13.2. The molecule has 8 N–H and O–H groups in total. The van der Waals surface area contributed by atoms with Gasteiger partial charge in [0.05, 0.1) is 10.5 Å². The van der Waals surface area contributed by atoms with E-state index in [1.807, 2.05) is 0 Å². The number of hydrogen-bond acceptors (Lipinski definition) is 9. The van der Waals surface area contributed by atoms with E-state index in [9.17, 15) is 40.9 Å². The summed E-state index contributed by atoms with van der Waals surface area (Å²) in [6.45, 7) is 0. The maximum Gasteiger partial charge on any atom is 0.166 e. The van der Waals surface area contributed by atoms with Gasteiger partial charge in [-0.05, 0) is 46.5 Å². The first-order valence-electron chi connectivity index (χ1n) is 16.9. The molecule has 0 amide bonds. The van der Waals surface area contributed by atoms with Crippen LogP contribution in [0, 0.1) is 0 Å². The molecular formula is C44H34O8S. The van der Waals surface area contributed by atoms with E-state index in [4.69, 9.17) is 0 Å². The standard InChI is InChI=1S/C44H34O8S/c45-33-21-9-5-17-29(33)37-25-13-1-3-15-27(25)41(43(51,39(37)49)31-19-7-11-23-35(31)47)53-42-28-16-4-2-14-26(28)38(30-18-6-10-22-34(30)46)40(50)44(42,52)32-20-8-12-24-36(32)48/h1-24,41-42,45-52H. The summed E-state index contributed by atoms with van der Waals surface area (Å²) in [7, 11) is 0. The number of benzene rings is 6. The molecule has 0 saturated heterocycles. The van der Waals surface area contributed by atoms with Crippen molar-refractivity contribution in [3.05, 3.63) is 202 Å². The second-order valence-corrected chi connectivity index (χ2v) is 14.3. The van der Waals surface area contributed by atoms with Gasteiger partial charge in [-0.3, -0.25) is 0 Å². The van der Waals surface area contributed by atoms with Crippen LogP contribution in [0.5, 0.6) is 23.0 Å². The Morgan fingerprint density at radius 2 is 0.660 bits per heavy atom. The van der Waals surface area contributed by atoms with Gasteiger partial charge >= 0.3 is 0 Å². The third kappa shape index (κ3) is 5.08. The number of hydrogen-bond donors (Lipinski definition) is 8. The van der Waals surface area contributed by atoms with Gasteiger partial charge in [-0.2, -0.15) is 0 Å². The minimum Gasteiger partial charge on any atom is -0.508 e. The molecule has 0 bridgehead atoms. The minimum atomic E-state index is -2.39. The molecule has 0 fully saturated rings. The molecule has 0 heterocycles. The molecule has 6 aromatic carbocycles. The summed E-state index contributed by atoms with van der Waals surface area (Å²) >= 11 is 1.02. The highest BCUT2D eigenvalue weighted by molar-refractivity contribution is 7.99. The zero-order valence-electron chi connectivity index (χ0n) is 28.0. The third-order valence-corrected chi connectivity index (χ3v) is 12.0. The molecule has 0 radical (unpaired) electrons. The van der Waals surface area contributed by atoms with Gasteiger partial charge in [-0.25, -0.2) is 0 Å². The van der Waals surface area contributed by atoms with Gasteiger partial charge < -0.3 is 40.9 Å². The molecule has 2 aliphatic carbocycles. The maximum absolute atomic E-state index is 13.2. The second-order valence-electron chi connectivity index (χ2n) is 13.1. The highest BCUT2D eigenvalue weighted by Crippen LogP contribution is 2.66. The molecule has 9 heteroatoms. The summed E-state index contributed by atoms with van der Waals surface area (Å²) in [5.74, 6) is -2.02. The van der Waals surface area contributed by atoms with E-state index in [0.29, 0.717) is 22.3 Å². The van der Waals surface area contributed by atoms with E-state index in [-0.39, 0.29) is 56.4 Å². The Labute approximate surface area is 309 Å². The van der Waals surface area contributed by atoms with Crippen molar-refractivity contribution in [1.29, 1.82) is 0 Å². The van der Waals surface area contributed by atoms with Crippen LogP contribution in [-0.4, -0.2) is 40.9 Å². The Bertz CT molecular complexity index is 2300. The van der Waals surface area contributed by atoms with Crippen LogP contribution in [0.15, 0.2) is 157 Å². The van der Waals surface area contributed by atoms with Crippen LogP contribution in [0.1, 0.15) is 55.0 Å². The molecule has 4 unspecified atom stereocenters. The molecular weight excluding hydrogens is 689 g/mol. The normalized spacial score (nSPS) is 22.3. The van der Waals surface area contributed by atoms with Gasteiger partial charge in [0.1, 0.15) is 34.5 Å². The number of rotatable bonds is 6. The summed E-state index contributed by atoms with van der Waals surface area (Å²) in [6.07, 6.45) is 0. The molecule has 0 saturated carbocycles. The average Bonchev–Trinajstić information content (AvgIpc) is 3.16. The highest BCUT2D eigenvalue weighted by atomic mass is 32.2. The SMILES string of the molecule is OC1=C(c2ccccc2O)c2ccccc2C(SC2c3ccccc3C(c3ccccc3O)=C(O)C2(O)c2ccccc2O)C1(O)c1ccccc1O. The number of phenolic OH excluding ortho intramolecular Hbond substituents is 4. The number of aliphatic hydroxyl groups excluding tert-OH is 2. The van der Waals surface area contributed by atoms with Crippen LogP contribution in [-0.2, 0) is 11.2 Å². The molecule has 2 aliphatic rings. The fraction of sp³-hybridized carbons (Fsp3) is 0.0909. The van der Waals surface area contributed by atoms with E-state index < -0.39 is 33.2 Å². The number of aromatic hydroxyl groups is 4. The number of thioether (sulfide) groups is 1. The summed E-state index contributed by atoms with van der Waals surface area (Å²) in [4.78, 5) is 0. The lowest BCUT2D eigenvalue weighted by atomic mass is 9.73. The highest BCUT2D eigenvalue weighted by Gasteiger charge is 2.57. The van der Waals surface area contributed by atoms with Crippen molar-refractivity contribution in [2.75, 3.05) is 0 Å². The van der Waals surface area contributed by atoms with Crippen molar-refractivity contribution in [1.82, 2.24) is 0 Å². The summed E-state index contributed by atoms with van der Waals surface area (Å²) in [5.41, 5.74) is -2.14. The largest absolute Gasteiger partial charge is 0.508 e. The molecule has 264 valence electrons. The summed E-state index contributed by atoms with van der Waals surface area (Å²) in [5, 5.41) is 93.7. The molecule has 4 atom stereocenters. The lowest BCUT2D eigenvalue weighted by Gasteiger charge is -2.47. The van der Waals surface area contributed by atoms with E-state index in [0.717, 1.165) is 11.8 Å².